The van der Waals surface area contributed by atoms with Crippen LogP contribution in [0.4, 0.5) is 0 Å². The number of hydrogen-bond donors (Lipinski definition) is 3. The van der Waals surface area contributed by atoms with Crippen molar-refractivity contribution in [2.24, 2.45) is 5.73 Å². The van der Waals surface area contributed by atoms with Gasteiger partial charge in [0.1, 0.15) is 6.04 Å². The van der Waals surface area contributed by atoms with E-state index in [1.54, 1.807) is 11.8 Å². The molecule has 1 aliphatic rings. The summed E-state index contributed by atoms with van der Waals surface area (Å²) in [6.07, 6.45) is 2.33. The van der Waals surface area contributed by atoms with Crippen LogP contribution < -0.4 is 11.1 Å². The van der Waals surface area contributed by atoms with E-state index in [1.807, 2.05) is 0 Å². The van der Waals surface area contributed by atoms with Gasteiger partial charge in [-0.15, -0.1) is 11.8 Å². The molecule has 1 heterocycles. The number of rotatable bonds is 7. The summed E-state index contributed by atoms with van der Waals surface area (Å²) in [6.45, 7) is 2.10. The molecule has 0 aromatic heterocycles. The van der Waals surface area contributed by atoms with Gasteiger partial charge in [0, 0.05) is 20.8 Å². The molecular weight excluding hydrogens is 313 g/mol. The third kappa shape index (κ3) is 5.80. The van der Waals surface area contributed by atoms with Crippen LogP contribution >= 0.6 is 20.6 Å². The standard InChI is InChI=1S/C12H22N3O4PS/c1-8(21-7-20-19)12(18)15-5-3-2-4-9(15)11(17)14-6-10(13)16/h8-9,19-20H,2-7H2,1H3,(H2,13,16)(H,14,17). The first-order valence-corrected chi connectivity index (χ1v) is 9.02. The van der Waals surface area contributed by atoms with Crippen LogP contribution in [0, 0.1) is 0 Å². The van der Waals surface area contributed by atoms with Crippen molar-refractivity contribution < 1.29 is 19.3 Å². The minimum Gasteiger partial charge on any atom is -0.376 e. The fraction of sp³-hybridized carbons (Fsp3) is 0.750. The monoisotopic (exact) mass is 335 g/mol. The van der Waals surface area contributed by atoms with E-state index in [-0.39, 0.29) is 32.4 Å². The van der Waals surface area contributed by atoms with E-state index in [4.69, 9.17) is 10.6 Å². The molecule has 1 aliphatic heterocycles. The lowest BCUT2D eigenvalue weighted by molar-refractivity contribution is -0.141. The molecule has 0 aromatic carbocycles. The number of carbonyl (C=O) groups excluding carboxylic acids is 3. The SMILES string of the molecule is CC(SCPO)C(=O)N1CCCCC1C(=O)NCC(N)=O. The average Bonchev–Trinajstić information content (AvgIpc) is 2.49. The zero-order valence-electron chi connectivity index (χ0n) is 12.0. The predicted molar refractivity (Wildman–Crippen MR) is 84.0 cm³/mol. The molecule has 21 heavy (non-hydrogen) atoms. The minimum absolute atomic E-state index is 0.0998. The molecule has 0 aliphatic carbocycles. The van der Waals surface area contributed by atoms with Gasteiger partial charge >= 0.3 is 0 Å². The first-order valence-electron chi connectivity index (χ1n) is 6.82. The highest BCUT2D eigenvalue weighted by atomic mass is 32.2. The summed E-state index contributed by atoms with van der Waals surface area (Å²) in [4.78, 5) is 45.7. The smallest absolute Gasteiger partial charge is 0.243 e. The molecule has 9 heteroatoms. The second kappa shape index (κ2) is 9.23. The summed E-state index contributed by atoms with van der Waals surface area (Å²) in [5.41, 5.74) is 5.52. The summed E-state index contributed by atoms with van der Waals surface area (Å²) in [6, 6.07) is -0.537. The van der Waals surface area contributed by atoms with Crippen LogP contribution in [-0.2, 0) is 14.4 Å². The van der Waals surface area contributed by atoms with Gasteiger partial charge in [-0.1, -0.05) is 0 Å². The van der Waals surface area contributed by atoms with Crippen molar-refractivity contribution >= 4 is 38.3 Å². The Balaban J connectivity index is 2.65. The zero-order chi connectivity index (χ0) is 15.8. The highest BCUT2D eigenvalue weighted by Gasteiger charge is 2.34. The van der Waals surface area contributed by atoms with Crippen molar-refractivity contribution in [2.75, 3.05) is 18.6 Å². The van der Waals surface area contributed by atoms with Gasteiger partial charge in [0.25, 0.3) is 0 Å². The third-order valence-corrected chi connectivity index (χ3v) is 5.16. The molecule has 0 aromatic rings. The lowest BCUT2D eigenvalue weighted by atomic mass is 10.0. The van der Waals surface area contributed by atoms with E-state index in [1.165, 1.54) is 11.8 Å². The van der Waals surface area contributed by atoms with Crippen LogP contribution in [0.5, 0.6) is 0 Å². The maximum atomic E-state index is 12.4. The normalized spacial score (nSPS) is 20.5. The largest absolute Gasteiger partial charge is 0.376 e. The molecule has 0 bridgehead atoms. The number of likely N-dealkylation sites (tertiary alicyclic amines) is 1. The molecule has 4 N–H and O–H groups in total. The average molecular weight is 335 g/mol. The maximum Gasteiger partial charge on any atom is 0.243 e. The number of hydrogen-bond acceptors (Lipinski definition) is 5. The Morgan fingerprint density at radius 1 is 1.48 bits per heavy atom. The van der Waals surface area contributed by atoms with Crippen molar-refractivity contribution in [1.29, 1.82) is 0 Å². The summed E-state index contributed by atoms with van der Waals surface area (Å²) in [5, 5.41) is 2.17. The summed E-state index contributed by atoms with van der Waals surface area (Å²) in [5.74, 6) is -1.04. The third-order valence-electron chi connectivity index (χ3n) is 3.27. The number of piperidine rings is 1. The van der Waals surface area contributed by atoms with E-state index in [0.717, 1.165) is 12.8 Å². The number of carbonyl (C=O) groups is 3. The van der Waals surface area contributed by atoms with Gasteiger partial charge in [-0.3, -0.25) is 14.4 Å². The van der Waals surface area contributed by atoms with Gasteiger partial charge in [0.15, 0.2) is 0 Å². The first-order chi connectivity index (χ1) is 9.97. The molecule has 0 spiro atoms. The van der Waals surface area contributed by atoms with Crippen LogP contribution in [-0.4, -0.2) is 57.4 Å². The van der Waals surface area contributed by atoms with Gasteiger partial charge in [0.2, 0.25) is 17.7 Å². The number of nitrogens with two attached hydrogens (primary N) is 1. The van der Waals surface area contributed by atoms with Gasteiger partial charge < -0.3 is 20.8 Å². The van der Waals surface area contributed by atoms with Crippen LogP contribution in [0.1, 0.15) is 26.2 Å². The van der Waals surface area contributed by atoms with Crippen molar-refractivity contribution in [2.45, 2.75) is 37.5 Å². The molecule has 1 saturated heterocycles. The Morgan fingerprint density at radius 3 is 2.81 bits per heavy atom. The molecule has 7 nitrogen and oxygen atoms in total. The van der Waals surface area contributed by atoms with E-state index in [9.17, 15) is 14.4 Å². The fourth-order valence-electron chi connectivity index (χ4n) is 2.23. The van der Waals surface area contributed by atoms with Gasteiger partial charge in [0.05, 0.1) is 11.8 Å². The summed E-state index contributed by atoms with van der Waals surface area (Å²) < 4.78 is 0. The second-order valence-corrected chi connectivity index (χ2v) is 7.35. The summed E-state index contributed by atoms with van der Waals surface area (Å²) >= 11 is 1.38. The van der Waals surface area contributed by atoms with Crippen LogP contribution in [0.2, 0.25) is 0 Å². The molecule has 3 atom stereocenters. The molecule has 3 amide bonds. The summed E-state index contributed by atoms with van der Waals surface area (Å²) in [7, 11) is -0.200. The van der Waals surface area contributed by atoms with Crippen LogP contribution in [0.15, 0.2) is 0 Å². The quantitative estimate of drug-likeness (QED) is 0.550. The van der Waals surface area contributed by atoms with E-state index in [2.05, 4.69) is 5.32 Å². The number of nitrogens with zero attached hydrogens (tertiary/aromatic N) is 1. The minimum atomic E-state index is -0.607. The number of nitrogens with one attached hydrogen (secondary N) is 1. The molecule has 0 radical (unpaired) electrons. The highest BCUT2D eigenvalue weighted by molar-refractivity contribution is 8.04. The van der Waals surface area contributed by atoms with Crippen LogP contribution in [0.3, 0.4) is 0 Å². The van der Waals surface area contributed by atoms with Crippen molar-refractivity contribution in [3.63, 3.8) is 0 Å². The van der Waals surface area contributed by atoms with E-state index < -0.39 is 11.9 Å². The molecule has 1 fully saturated rings. The van der Waals surface area contributed by atoms with Crippen molar-refractivity contribution in [3.8, 4) is 0 Å². The maximum absolute atomic E-state index is 12.4. The van der Waals surface area contributed by atoms with Gasteiger partial charge in [-0.05, 0) is 26.2 Å². The Bertz CT molecular complexity index is 397. The molecule has 1 rings (SSSR count). The Kier molecular flexibility index (Phi) is 8.00. The molecule has 120 valence electrons. The Hall–Kier alpha value is -0.850. The van der Waals surface area contributed by atoms with Gasteiger partial charge in [-0.2, -0.15) is 0 Å². The predicted octanol–water partition coefficient (Wildman–Crippen LogP) is -0.366. The van der Waals surface area contributed by atoms with E-state index >= 15 is 0 Å². The zero-order valence-corrected chi connectivity index (χ0v) is 13.8. The lowest BCUT2D eigenvalue weighted by Gasteiger charge is -2.36. The van der Waals surface area contributed by atoms with Crippen LogP contribution in [0.25, 0.3) is 0 Å². The highest BCUT2D eigenvalue weighted by Crippen LogP contribution is 2.24. The number of primary amides is 1. The molecule has 0 saturated carbocycles. The van der Waals surface area contributed by atoms with Crippen molar-refractivity contribution in [3.05, 3.63) is 0 Å². The second-order valence-electron chi connectivity index (χ2n) is 4.84. The Morgan fingerprint density at radius 2 is 2.19 bits per heavy atom. The fourth-order valence-corrected chi connectivity index (χ4v) is 3.80. The topological polar surface area (TPSA) is 113 Å². The Labute approximate surface area is 130 Å². The number of amides is 3. The van der Waals surface area contributed by atoms with Crippen molar-refractivity contribution in [1.82, 2.24) is 10.2 Å². The molecular formula is C12H22N3O4PS. The number of thioether (sulfide) groups is 1. The lowest BCUT2D eigenvalue weighted by Crippen LogP contribution is -2.54. The van der Waals surface area contributed by atoms with E-state index in [0.29, 0.717) is 18.5 Å². The molecule has 3 unspecified atom stereocenters. The first kappa shape index (κ1) is 18.2. The van der Waals surface area contributed by atoms with Gasteiger partial charge in [-0.25, -0.2) is 0 Å².